The number of fused-ring (bicyclic) bond motifs is 2. The second-order valence-corrected chi connectivity index (χ2v) is 9.92. The molecule has 0 bridgehead atoms. The smallest absolute Gasteiger partial charge is 0.292 e. The number of piperidine rings is 1. The van der Waals surface area contributed by atoms with Crippen LogP contribution >= 0.6 is 11.6 Å². The molecule has 32 heavy (non-hydrogen) atoms. The predicted molar refractivity (Wildman–Crippen MR) is 125 cm³/mol. The summed E-state index contributed by atoms with van der Waals surface area (Å²) in [4.78, 5) is 27.5. The van der Waals surface area contributed by atoms with Crippen molar-refractivity contribution in [2.75, 3.05) is 25.1 Å². The van der Waals surface area contributed by atoms with Crippen molar-refractivity contribution in [2.45, 2.75) is 45.1 Å². The van der Waals surface area contributed by atoms with E-state index in [1.807, 2.05) is 25.7 Å². The fourth-order valence-electron chi connectivity index (χ4n) is 5.19. The zero-order valence-electron chi connectivity index (χ0n) is 18.8. The van der Waals surface area contributed by atoms with Crippen molar-refractivity contribution in [3.63, 3.8) is 0 Å². The molecular formula is C24H28ClN3O4. The lowest BCUT2D eigenvalue weighted by molar-refractivity contribution is -0.384. The number of nitrogens with zero attached hydrogens (tertiary/aromatic N) is 2. The maximum atomic E-state index is 14.1. The van der Waals surface area contributed by atoms with E-state index in [-0.39, 0.29) is 11.5 Å². The summed E-state index contributed by atoms with van der Waals surface area (Å²) in [5.74, 6) is 0.566. The van der Waals surface area contributed by atoms with Crippen LogP contribution in [0.15, 0.2) is 36.4 Å². The number of hydrogen-bond donors (Lipinski definition) is 1. The molecule has 1 unspecified atom stereocenters. The summed E-state index contributed by atoms with van der Waals surface area (Å²) in [6, 6.07) is 9.48. The Hall–Kier alpha value is -2.64. The molecule has 2 aliphatic rings. The van der Waals surface area contributed by atoms with Gasteiger partial charge < -0.3 is 15.0 Å². The van der Waals surface area contributed by atoms with Crippen LogP contribution in [0.2, 0.25) is 5.02 Å². The minimum absolute atomic E-state index is 0.0203. The first-order chi connectivity index (χ1) is 15.1. The van der Waals surface area contributed by atoms with Crippen molar-refractivity contribution in [1.82, 2.24) is 5.32 Å². The normalized spacial score (nSPS) is 19.7. The molecule has 0 amide bonds. The Morgan fingerprint density at radius 2 is 1.88 bits per heavy atom. The molecule has 2 aromatic carbocycles. The van der Waals surface area contributed by atoms with Gasteiger partial charge >= 0.3 is 0 Å². The first-order valence-electron chi connectivity index (χ1n) is 10.8. The number of nitro benzene ring substituents is 1. The third-order valence-electron chi connectivity index (χ3n) is 6.65. The maximum absolute atomic E-state index is 14.1. The zero-order chi connectivity index (χ0) is 23.3. The summed E-state index contributed by atoms with van der Waals surface area (Å²) in [6.45, 7) is 7.13. The van der Waals surface area contributed by atoms with Gasteiger partial charge in [-0.25, -0.2) is 0 Å². The van der Waals surface area contributed by atoms with Crippen molar-refractivity contribution < 1.29 is 14.5 Å². The van der Waals surface area contributed by atoms with Gasteiger partial charge in [-0.3, -0.25) is 14.9 Å². The Morgan fingerprint density at radius 1 is 1.22 bits per heavy atom. The van der Waals surface area contributed by atoms with E-state index >= 15 is 0 Å². The molecular weight excluding hydrogens is 430 g/mol. The number of carbonyl (C=O) groups excluding carboxylic acids is 1. The molecule has 0 aliphatic carbocycles. The van der Waals surface area contributed by atoms with Crippen LogP contribution in [0.1, 0.15) is 39.2 Å². The number of hydrogen-bond acceptors (Lipinski definition) is 6. The van der Waals surface area contributed by atoms with Crippen molar-refractivity contribution in [3.05, 3.63) is 57.1 Å². The van der Waals surface area contributed by atoms with E-state index in [4.69, 9.17) is 16.3 Å². The lowest BCUT2D eigenvalue weighted by Gasteiger charge is -2.43. The minimum Gasteiger partial charge on any atom is -0.495 e. The average molecular weight is 458 g/mol. The number of nitro groups is 1. The number of benzene rings is 2. The van der Waals surface area contributed by atoms with Crippen molar-refractivity contribution in [1.29, 1.82) is 0 Å². The van der Waals surface area contributed by atoms with E-state index in [2.05, 4.69) is 5.32 Å². The quantitative estimate of drug-likeness (QED) is 0.513. The topological polar surface area (TPSA) is 84.7 Å². The van der Waals surface area contributed by atoms with Crippen molar-refractivity contribution in [3.8, 4) is 5.75 Å². The number of ketones is 1. The molecule has 2 heterocycles. The molecule has 1 saturated heterocycles. The summed E-state index contributed by atoms with van der Waals surface area (Å²) >= 11 is 6.81. The number of nitrogens with one attached hydrogen (secondary N) is 1. The Balaban J connectivity index is 2.11. The SMILES string of the molecule is COc1ccc(Cl)c2c1N(c1ccccc1[N+](=O)[O-])C(C(=O)C(C)(C)C)C21CCNCC1. The highest BCUT2D eigenvalue weighted by molar-refractivity contribution is 6.32. The largest absolute Gasteiger partial charge is 0.495 e. The van der Waals surface area contributed by atoms with Gasteiger partial charge in [0.05, 0.1) is 17.7 Å². The molecule has 1 N–H and O–H groups in total. The lowest BCUT2D eigenvalue weighted by atomic mass is 9.65. The number of methoxy groups -OCH3 is 1. The molecule has 1 atom stereocenters. The molecule has 1 fully saturated rings. The molecule has 0 aromatic heterocycles. The average Bonchev–Trinajstić information content (AvgIpc) is 3.04. The molecule has 8 heteroatoms. The van der Waals surface area contributed by atoms with Gasteiger partial charge in [-0.1, -0.05) is 44.5 Å². The molecule has 2 aliphatic heterocycles. The van der Waals surface area contributed by atoms with E-state index in [1.54, 1.807) is 37.4 Å². The number of halogens is 1. The summed E-state index contributed by atoms with van der Waals surface area (Å²) in [5.41, 5.74) is 0.571. The predicted octanol–water partition coefficient (Wildman–Crippen LogP) is 5.01. The minimum atomic E-state index is -0.661. The van der Waals surface area contributed by atoms with Gasteiger partial charge in [0.15, 0.2) is 5.78 Å². The number of anilines is 2. The van der Waals surface area contributed by atoms with Gasteiger partial charge in [0.2, 0.25) is 0 Å². The monoisotopic (exact) mass is 457 g/mol. The van der Waals surface area contributed by atoms with Crippen LogP contribution in [0.5, 0.6) is 5.75 Å². The standard InChI is InChI=1S/C24H28ClN3O4/c1-23(2,3)22(29)21-24(11-13-26-14-12-24)19-15(25)9-10-18(32-4)20(19)27(21)16-7-5-6-8-17(16)28(30)31/h5-10,21,26H,11-14H2,1-4H3. The van der Waals surface area contributed by atoms with Crippen molar-refractivity contribution >= 4 is 34.4 Å². The Labute approximate surface area is 192 Å². The van der Waals surface area contributed by atoms with Gasteiger partial charge in [0.25, 0.3) is 5.69 Å². The maximum Gasteiger partial charge on any atom is 0.292 e. The van der Waals surface area contributed by atoms with Gasteiger partial charge in [0.1, 0.15) is 17.5 Å². The molecule has 4 rings (SSSR count). The first-order valence-corrected chi connectivity index (χ1v) is 11.2. The Kier molecular flexibility index (Phi) is 5.67. The highest BCUT2D eigenvalue weighted by Gasteiger charge is 2.59. The van der Waals surface area contributed by atoms with Gasteiger partial charge in [-0.05, 0) is 44.1 Å². The number of carbonyl (C=O) groups is 1. The number of para-hydroxylation sites is 2. The van der Waals surface area contributed by atoms with Crippen LogP contribution in [-0.2, 0) is 10.2 Å². The fourth-order valence-corrected chi connectivity index (χ4v) is 5.54. The second kappa shape index (κ2) is 8.05. The van der Waals surface area contributed by atoms with Gasteiger partial charge in [0, 0.05) is 27.5 Å². The van der Waals surface area contributed by atoms with Crippen LogP contribution in [0.3, 0.4) is 0 Å². The number of Topliss-reactive ketones (excluding diaryl/α,β-unsaturated/α-hetero) is 1. The summed E-state index contributed by atoms with van der Waals surface area (Å²) in [6.07, 6.45) is 1.38. The van der Waals surface area contributed by atoms with Crippen LogP contribution in [0, 0.1) is 15.5 Å². The van der Waals surface area contributed by atoms with E-state index in [0.717, 1.165) is 18.7 Å². The highest BCUT2D eigenvalue weighted by Crippen LogP contribution is 2.60. The number of rotatable bonds is 4. The second-order valence-electron chi connectivity index (χ2n) is 9.51. The third-order valence-corrected chi connectivity index (χ3v) is 6.97. The van der Waals surface area contributed by atoms with Crippen LogP contribution in [0.4, 0.5) is 17.1 Å². The highest BCUT2D eigenvalue weighted by atomic mass is 35.5. The third kappa shape index (κ3) is 3.35. The van der Waals surface area contributed by atoms with Crippen LogP contribution in [-0.4, -0.2) is 36.9 Å². The van der Waals surface area contributed by atoms with Crippen molar-refractivity contribution in [2.24, 2.45) is 5.41 Å². The van der Waals surface area contributed by atoms with Crippen LogP contribution < -0.4 is 15.0 Å². The molecule has 7 nitrogen and oxygen atoms in total. The molecule has 0 radical (unpaired) electrons. The van der Waals surface area contributed by atoms with Crippen LogP contribution in [0.25, 0.3) is 0 Å². The first kappa shape index (κ1) is 22.6. The summed E-state index contributed by atoms with van der Waals surface area (Å²) < 4.78 is 5.71. The zero-order valence-corrected chi connectivity index (χ0v) is 19.5. The molecule has 2 aromatic rings. The van der Waals surface area contributed by atoms with E-state index in [9.17, 15) is 14.9 Å². The van der Waals surface area contributed by atoms with Gasteiger partial charge in [-0.15, -0.1) is 0 Å². The van der Waals surface area contributed by atoms with E-state index in [0.29, 0.717) is 35.0 Å². The Morgan fingerprint density at radius 3 is 2.47 bits per heavy atom. The molecule has 170 valence electrons. The summed E-state index contributed by atoms with van der Waals surface area (Å²) in [7, 11) is 1.56. The van der Waals surface area contributed by atoms with Gasteiger partial charge in [-0.2, -0.15) is 0 Å². The molecule has 0 saturated carbocycles. The lowest BCUT2D eigenvalue weighted by Crippen LogP contribution is -2.56. The van der Waals surface area contributed by atoms with E-state index < -0.39 is 21.8 Å². The molecule has 1 spiro atoms. The Bertz CT molecular complexity index is 1070. The summed E-state index contributed by atoms with van der Waals surface area (Å²) in [5, 5.41) is 15.9. The number of ether oxygens (including phenoxy) is 1. The fraction of sp³-hybridized carbons (Fsp3) is 0.458. The van der Waals surface area contributed by atoms with E-state index in [1.165, 1.54) is 6.07 Å².